The summed E-state index contributed by atoms with van der Waals surface area (Å²) in [6.45, 7) is 4.01. The number of thiophene rings is 1. The Morgan fingerprint density at radius 1 is 1.44 bits per heavy atom. The summed E-state index contributed by atoms with van der Waals surface area (Å²) >= 11 is 1.68. The highest BCUT2D eigenvalue weighted by molar-refractivity contribution is 7.19. The summed E-state index contributed by atoms with van der Waals surface area (Å²) in [5.74, 6) is 1.87. The molecule has 3 heterocycles. The van der Waals surface area contributed by atoms with Gasteiger partial charge in [-0.1, -0.05) is 6.92 Å². The molecule has 25 heavy (non-hydrogen) atoms. The molecule has 4 rings (SSSR count). The van der Waals surface area contributed by atoms with Crippen LogP contribution in [-0.4, -0.2) is 15.9 Å². The Morgan fingerprint density at radius 3 is 3.04 bits per heavy atom. The lowest BCUT2D eigenvalue weighted by Gasteiger charge is -2.17. The van der Waals surface area contributed by atoms with Gasteiger partial charge in [0.15, 0.2) is 12.4 Å². The lowest BCUT2D eigenvalue weighted by molar-refractivity contribution is 0.0425. The number of aromatic nitrogens is 2. The average molecular weight is 357 g/mol. The van der Waals surface area contributed by atoms with E-state index in [0.717, 1.165) is 23.1 Å². The first-order valence-corrected chi connectivity index (χ1v) is 9.13. The molecule has 0 fully saturated rings. The summed E-state index contributed by atoms with van der Waals surface area (Å²) in [5, 5.41) is 0.976. The number of carbonyl (C=O) groups excluding carboxylic acids is 1. The van der Waals surface area contributed by atoms with Crippen LogP contribution < -0.4 is 5.73 Å². The third kappa shape index (κ3) is 3.00. The van der Waals surface area contributed by atoms with Gasteiger partial charge in [0.25, 0.3) is 0 Å². The summed E-state index contributed by atoms with van der Waals surface area (Å²) in [4.78, 5) is 23.1. The van der Waals surface area contributed by atoms with Crippen molar-refractivity contribution in [1.82, 2.24) is 9.97 Å². The molecule has 130 valence electrons. The van der Waals surface area contributed by atoms with E-state index in [-0.39, 0.29) is 12.4 Å². The number of hydrogen-bond acceptors (Lipinski definition) is 7. The molecule has 3 aromatic rings. The number of fused-ring (bicyclic) bond motifs is 3. The number of nitrogen functional groups attached to an aromatic ring is 1. The molecular formula is C18H19N3O3S. The molecule has 0 aliphatic heterocycles. The third-order valence-corrected chi connectivity index (χ3v) is 5.65. The minimum Gasteiger partial charge on any atom is -0.454 e. The molecule has 6 nitrogen and oxygen atoms in total. The van der Waals surface area contributed by atoms with Gasteiger partial charge < -0.3 is 14.9 Å². The normalized spacial score (nSPS) is 16.8. The van der Waals surface area contributed by atoms with Crippen LogP contribution in [0.25, 0.3) is 10.2 Å². The van der Waals surface area contributed by atoms with E-state index >= 15 is 0 Å². The molecular weight excluding hydrogens is 338 g/mol. The number of esters is 1. The van der Waals surface area contributed by atoms with E-state index < -0.39 is 5.97 Å². The number of anilines is 1. The first-order chi connectivity index (χ1) is 12.0. The molecule has 0 radical (unpaired) electrons. The van der Waals surface area contributed by atoms with Crippen molar-refractivity contribution in [2.45, 2.75) is 39.7 Å². The molecule has 0 saturated heterocycles. The maximum atomic E-state index is 12.0. The molecule has 1 aliphatic rings. The van der Waals surface area contributed by atoms with E-state index in [1.807, 2.05) is 0 Å². The fourth-order valence-corrected chi connectivity index (χ4v) is 4.64. The Morgan fingerprint density at radius 2 is 2.28 bits per heavy atom. The molecule has 3 aromatic heterocycles. The minimum absolute atomic E-state index is 0.0301. The average Bonchev–Trinajstić information content (AvgIpc) is 3.15. The van der Waals surface area contributed by atoms with Gasteiger partial charge in [0.05, 0.1) is 5.39 Å². The molecule has 0 aromatic carbocycles. The number of hydrogen-bond donors (Lipinski definition) is 1. The topological polar surface area (TPSA) is 91.2 Å². The van der Waals surface area contributed by atoms with E-state index in [9.17, 15) is 4.79 Å². The van der Waals surface area contributed by atoms with Crippen LogP contribution in [0.3, 0.4) is 0 Å². The second-order valence-corrected chi connectivity index (χ2v) is 7.63. The quantitative estimate of drug-likeness (QED) is 0.719. The van der Waals surface area contributed by atoms with Gasteiger partial charge in [-0.3, -0.25) is 0 Å². The van der Waals surface area contributed by atoms with Gasteiger partial charge in [0.2, 0.25) is 5.76 Å². The van der Waals surface area contributed by atoms with Crippen molar-refractivity contribution < 1.29 is 13.9 Å². The van der Waals surface area contributed by atoms with E-state index in [1.165, 1.54) is 16.9 Å². The van der Waals surface area contributed by atoms with Crippen LogP contribution in [0.15, 0.2) is 16.5 Å². The molecule has 0 unspecified atom stereocenters. The van der Waals surface area contributed by atoms with Crippen LogP contribution in [-0.2, 0) is 24.2 Å². The summed E-state index contributed by atoms with van der Waals surface area (Å²) in [5.41, 5.74) is 7.47. The number of aryl methyl sites for hydroxylation is 2. The van der Waals surface area contributed by atoms with Crippen molar-refractivity contribution in [3.63, 3.8) is 0 Å². The van der Waals surface area contributed by atoms with Gasteiger partial charge in [-0.25, -0.2) is 14.8 Å². The Kier molecular flexibility index (Phi) is 3.95. The van der Waals surface area contributed by atoms with Crippen LogP contribution in [0.4, 0.5) is 5.82 Å². The molecule has 0 amide bonds. The van der Waals surface area contributed by atoms with Crippen LogP contribution >= 0.6 is 11.3 Å². The Labute approximate surface area is 149 Å². The van der Waals surface area contributed by atoms with Crippen molar-refractivity contribution in [3.8, 4) is 0 Å². The second-order valence-electron chi connectivity index (χ2n) is 6.54. The summed E-state index contributed by atoms with van der Waals surface area (Å²) in [7, 11) is 0. The second kappa shape index (κ2) is 6.15. The number of nitrogens with zero attached hydrogens (tertiary/aromatic N) is 2. The molecule has 2 N–H and O–H groups in total. The molecule has 0 saturated carbocycles. The van der Waals surface area contributed by atoms with Gasteiger partial charge >= 0.3 is 5.97 Å². The SMILES string of the molecule is Cc1ccc(C(=O)OCc2nc(N)c3c4c(sc3n2)C[C@H](C)CC4)o1. The third-order valence-electron chi connectivity index (χ3n) is 4.50. The van der Waals surface area contributed by atoms with Gasteiger partial charge in [0, 0.05) is 4.88 Å². The summed E-state index contributed by atoms with van der Waals surface area (Å²) in [6, 6.07) is 3.30. The maximum absolute atomic E-state index is 12.0. The maximum Gasteiger partial charge on any atom is 0.374 e. The van der Waals surface area contributed by atoms with Gasteiger partial charge in [-0.15, -0.1) is 11.3 Å². The molecule has 0 spiro atoms. The van der Waals surface area contributed by atoms with E-state index in [0.29, 0.717) is 23.3 Å². The Bertz CT molecular complexity index is 960. The highest BCUT2D eigenvalue weighted by atomic mass is 32.1. The Balaban J connectivity index is 1.58. The van der Waals surface area contributed by atoms with Crippen molar-refractivity contribution in [1.29, 1.82) is 0 Å². The summed E-state index contributed by atoms with van der Waals surface area (Å²) < 4.78 is 10.5. The zero-order chi connectivity index (χ0) is 17.6. The fraction of sp³-hybridized carbons (Fsp3) is 0.389. The molecule has 1 atom stereocenters. The zero-order valence-corrected chi connectivity index (χ0v) is 15.0. The van der Waals surface area contributed by atoms with Crippen LogP contribution in [0.5, 0.6) is 0 Å². The standard InChI is InChI=1S/C18H19N3O3S/c1-9-3-5-11-13(7-9)25-17-15(11)16(19)20-14(21-17)8-23-18(22)12-6-4-10(2)24-12/h4,6,9H,3,5,7-8H2,1-2H3,(H2,19,20,21)/t9-/m1/s1. The van der Waals surface area contributed by atoms with Crippen LogP contribution in [0, 0.1) is 12.8 Å². The van der Waals surface area contributed by atoms with Crippen molar-refractivity contribution in [2.75, 3.05) is 5.73 Å². The van der Waals surface area contributed by atoms with Crippen LogP contribution in [0.1, 0.15) is 45.9 Å². The Hall–Kier alpha value is -2.41. The smallest absolute Gasteiger partial charge is 0.374 e. The van der Waals surface area contributed by atoms with E-state index in [1.54, 1.807) is 30.4 Å². The fourth-order valence-electron chi connectivity index (χ4n) is 3.23. The number of furan rings is 1. The first kappa shape index (κ1) is 16.1. The molecule has 7 heteroatoms. The van der Waals surface area contributed by atoms with Gasteiger partial charge in [0.1, 0.15) is 16.4 Å². The summed E-state index contributed by atoms with van der Waals surface area (Å²) in [6.07, 6.45) is 3.26. The number of rotatable bonds is 3. The van der Waals surface area contributed by atoms with Crippen molar-refractivity contribution >= 4 is 33.3 Å². The largest absolute Gasteiger partial charge is 0.454 e. The van der Waals surface area contributed by atoms with Crippen molar-refractivity contribution in [3.05, 3.63) is 39.9 Å². The van der Waals surface area contributed by atoms with Gasteiger partial charge in [-0.05, 0) is 49.8 Å². The lowest BCUT2D eigenvalue weighted by atomic mass is 9.89. The number of carbonyl (C=O) groups is 1. The predicted octanol–water partition coefficient (Wildman–Crippen LogP) is 3.66. The lowest BCUT2D eigenvalue weighted by Crippen LogP contribution is -2.10. The minimum atomic E-state index is -0.533. The van der Waals surface area contributed by atoms with E-state index in [2.05, 4.69) is 16.9 Å². The monoisotopic (exact) mass is 357 g/mol. The van der Waals surface area contributed by atoms with Crippen LogP contribution in [0.2, 0.25) is 0 Å². The molecule has 1 aliphatic carbocycles. The highest BCUT2D eigenvalue weighted by Crippen LogP contribution is 2.39. The van der Waals surface area contributed by atoms with Crippen molar-refractivity contribution in [2.24, 2.45) is 5.92 Å². The van der Waals surface area contributed by atoms with Gasteiger partial charge in [-0.2, -0.15) is 0 Å². The number of ether oxygens (including phenoxy) is 1. The zero-order valence-electron chi connectivity index (χ0n) is 14.2. The highest BCUT2D eigenvalue weighted by Gasteiger charge is 2.23. The van der Waals surface area contributed by atoms with E-state index in [4.69, 9.17) is 14.9 Å². The predicted molar refractivity (Wildman–Crippen MR) is 95.6 cm³/mol. The number of nitrogens with two attached hydrogens (primary N) is 1. The first-order valence-electron chi connectivity index (χ1n) is 8.31. The molecule has 0 bridgehead atoms.